The maximum Gasteiger partial charge on any atom is 2.00 e. The van der Waals surface area contributed by atoms with E-state index in [1.165, 1.54) is 25.7 Å². The Morgan fingerprint density at radius 2 is 1.75 bits per heavy atom. The molecule has 0 amide bonds. The summed E-state index contributed by atoms with van der Waals surface area (Å²) in [6.07, 6.45) is 4.69. The zero-order valence-electron chi connectivity index (χ0n) is 7.99. The number of hydrogen-bond acceptors (Lipinski definition) is 1. The van der Waals surface area contributed by atoms with Crippen LogP contribution in [0.15, 0.2) is 0 Å². The second-order valence-electron chi connectivity index (χ2n) is 3.12. The van der Waals surface area contributed by atoms with Crippen molar-refractivity contribution in [3.63, 3.8) is 0 Å². The number of hydrogen-bond donors (Lipinski definition) is 1. The summed E-state index contributed by atoms with van der Waals surface area (Å²) in [6.45, 7) is 0.371. The molecule has 1 N–H and O–H groups in total. The molecule has 0 aromatic heterocycles. The van der Waals surface area contributed by atoms with Crippen molar-refractivity contribution < 1.29 is 26.2 Å². The fourth-order valence-electron chi connectivity index (χ4n) is 1.59. The number of nitrogens with zero attached hydrogens (tertiary/aromatic N) is 1. The molecule has 0 saturated heterocycles. The average Bonchev–Trinajstić information content (AvgIpc) is 2.05. The molecular weight excluding hydrogens is 322 g/mol. The minimum Gasteiger partial charge on any atom is -0.662 e. The Labute approximate surface area is 90.4 Å². The summed E-state index contributed by atoms with van der Waals surface area (Å²) in [4.78, 5) is 0. The molecule has 3 heteroatoms. The summed E-state index contributed by atoms with van der Waals surface area (Å²) in [7, 11) is 1.89. The molecule has 12 heavy (non-hydrogen) atoms. The molecule has 0 aromatic rings. The molecule has 0 unspecified atom stereocenters. The molecule has 1 saturated carbocycles. The number of aliphatic hydroxyl groups excluding tert-OH is 1. The molecular formula is C9H19NOW. The van der Waals surface area contributed by atoms with Gasteiger partial charge in [0.15, 0.2) is 0 Å². The maximum atomic E-state index is 8.82. The Morgan fingerprint density at radius 1 is 1.25 bits per heavy atom. The van der Waals surface area contributed by atoms with Crippen molar-refractivity contribution in [3.05, 3.63) is 12.7 Å². The summed E-state index contributed by atoms with van der Waals surface area (Å²) in [5, 5.41) is 13.1. The molecule has 0 radical (unpaired) electrons. The van der Waals surface area contributed by atoms with Gasteiger partial charge in [-0.05, 0) is 18.8 Å². The van der Waals surface area contributed by atoms with Gasteiger partial charge in [0, 0.05) is 6.61 Å². The van der Waals surface area contributed by atoms with Crippen LogP contribution in [0.25, 0.3) is 5.32 Å². The SMILES string of the molecule is C[N-]C1CCC(CO)CC1.[CH3-].[W+2]. The zero-order valence-corrected chi connectivity index (χ0v) is 10.9. The van der Waals surface area contributed by atoms with Crippen LogP contribution in [0.1, 0.15) is 25.7 Å². The molecule has 1 fully saturated rings. The smallest absolute Gasteiger partial charge is 0.662 e. The third-order valence-corrected chi connectivity index (χ3v) is 2.44. The summed E-state index contributed by atoms with van der Waals surface area (Å²) >= 11 is 0. The van der Waals surface area contributed by atoms with E-state index in [0.29, 0.717) is 18.6 Å². The summed E-state index contributed by atoms with van der Waals surface area (Å²) in [5.74, 6) is 0.568. The predicted octanol–water partition coefficient (Wildman–Crippen LogP) is 1.99. The van der Waals surface area contributed by atoms with E-state index < -0.39 is 0 Å². The molecule has 0 aromatic carbocycles. The van der Waals surface area contributed by atoms with Crippen molar-refractivity contribution >= 4 is 0 Å². The van der Waals surface area contributed by atoms with Crippen molar-refractivity contribution in [2.75, 3.05) is 13.7 Å². The van der Waals surface area contributed by atoms with Crippen LogP contribution in [0.2, 0.25) is 0 Å². The Kier molecular flexibility index (Phi) is 10.3. The van der Waals surface area contributed by atoms with Gasteiger partial charge in [0.1, 0.15) is 0 Å². The van der Waals surface area contributed by atoms with Gasteiger partial charge in [-0.25, -0.2) is 0 Å². The molecule has 72 valence electrons. The van der Waals surface area contributed by atoms with Crippen LogP contribution in [-0.2, 0) is 21.1 Å². The average molecular weight is 341 g/mol. The summed E-state index contributed by atoms with van der Waals surface area (Å²) in [6, 6.07) is 0.586. The van der Waals surface area contributed by atoms with Crippen LogP contribution in [0.4, 0.5) is 0 Å². The molecule has 0 spiro atoms. The van der Waals surface area contributed by atoms with E-state index in [9.17, 15) is 0 Å². The van der Waals surface area contributed by atoms with Crippen LogP contribution < -0.4 is 0 Å². The molecule has 0 heterocycles. The molecule has 2 nitrogen and oxygen atoms in total. The molecule has 1 rings (SSSR count). The van der Waals surface area contributed by atoms with Gasteiger partial charge < -0.3 is 17.8 Å². The molecule has 1 aliphatic carbocycles. The normalized spacial score (nSPS) is 28.5. The van der Waals surface area contributed by atoms with Crippen LogP contribution >= 0.6 is 0 Å². The first kappa shape index (κ1) is 15.1. The Balaban J connectivity index is 0. The van der Waals surface area contributed by atoms with E-state index in [1.54, 1.807) is 0 Å². The third kappa shape index (κ3) is 4.59. The van der Waals surface area contributed by atoms with Crippen molar-refractivity contribution in [1.29, 1.82) is 0 Å². The first-order valence-corrected chi connectivity index (χ1v) is 4.06. The topological polar surface area (TPSA) is 34.3 Å². The maximum absolute atomic E-state index is 8.82. The van der Waals surface area contributed by atoms with Crippen LogP contribution in [0.5, 0.6) is 0 Å². The molecule has 1 aliphatic rings. The van der Waals surface area contributed by atoms with Gasteiger partial charge in [0.05, 0.1) is 0 Å². The van der Waals surface area contributed by atoms with Gasteiger partial charge in [-0.3, -0.25) is 0 Å². The largest absolute Gasteiger partial charge is 2.00 e. The second kappa shape index (κ2) is 8.22. The summed E-state index contributed by atoms with van der Waals surface area (Å²) < 4.78 is 0. The predicted molar refractivity (Wildman–Crippen MR) is 48.5 cm³/mol. The minimum absolute atomic E-state index is 0. The monoisotopic (exact) mass is 341 g/mol. The first-order valence-electron chi connectivity index (χ1n) is 4.06. The fourth-order valence-corrected chi connectivity index (χ4v) is 1.59. The Morgan fingerprint density at radius 3 is 2.08 bits per heavy atom. The van der Waals surface area contributed by atoms with Gasteiger partial charge in [-0.1, -0.05) is 12.8 Å². The van der Waals surface area contributed by atoms with E-state index in [2.05, 4.69) is 5.32 Å². The van der Waals surface area contributed by atoms with Crippen molar-refractivity contribution in [3.8, 4) is 0 Å². The summed E-state index contributed by atoms with van der Waals surface area (Å²) in [5.41, 5.74) is 0. The number of aliphatic hydroxyl groups is 1. The quantitative estimate of drug-likeness (QED) is 0.766. The number of rotatable bonds is 2. The van der Waals surface area contributed by atoms with Gasteiger partial charge >= 0.3 is 21.1 Å². The first-order chi connectivity index (χ1) is 4.86. The molecule has 0 aliphatic heterocycles. The zero-order chi connectivity index (χ0) is 7.40. The third-order valence-electron chi connectivity index (χ3n) is 2.44. The molecule has 0 bridgehead atoms. The van der Waals surface area contributed by atoms with Gasteiger partial charge in [-0.2, -0.15) is 7.05 Å². The van der Waals surface area contributed by atoms with E-state index in [-0.39, 0.29) is 28.5 Å². The Hall–Kier alpha value is 0.608. The van der Waals surface area contributed by atoms with E-state index in [4.69, 9.17) is 5.11 Å². The van der Waals surface area contributed by atoms with Crippen molar-refractivity contribution in [1.82, 2.24) is 0 Å². The van der Waals surface area contributed by atoms with E-state index in [1.807, 2.05) is 7.05 Å². The fraction of sp³-hybridized carbons (Fsp3) is 0.889. The standard InChI is InChI=1S/C8H16NO.CH3.W/c1-9-8-4-2-7(6-10)3-5-8;;/h7-8,10H,2-6H2,1H3;1H3;/q2*-1;+2. The van der Waals surface area contributed by atoms with E-state index >= 15 is 0 Å². The van der Waals surface area contributed by atoms with Gasteiger partial charge in [0.25, 0.3) is 0 Å². The van der Waals surface area contributed by atoms with Crippen LogP contribution in [0.3, 0.4) is 0 Å². The van der Waals surface area contributed by atoms with Gasteiger partial charge in [0.2, 0.25) is 0 Å². The van der Waals surface area contributed by atoms with Crippen molar-refractivity contribution in [2.24, 2.45) is 5.92 Å². The van der Waals surface area contributed by atoms with Gasteiger partial charge in [-0.15, -0.1) is 6.04 Å². The van der Waals surface area contributed by atoms with Crippen molar-refractivity contribution in [2.45, 2.75) is 31.7 Å². The Bertz CT molecular complexity index is 80.5. The second-order valence-corrected chi connectivity index (χ2v) is 3.12. The minimum atomic E-state index is 0. The molecule has 0 atom stereocenters. The van der Waals surface area contributed by atoms with Crippen LogP contribution in [0, 0.1) is 13.3 Å². The van der Waals surface area contributed by atoms with Crippen LogP contribution in [-0.4, -0.2) is 24.8 Å². The van der Waals surface area contributed by atoms with E-state index in [0.717, 1.165) is 0 Å².